The smallest absolute Gasteiger partial charge is 0.314 e. The van der Waals surface area contributed by atoms with E-state index in [0.717, 1.165) is 57.2 Å². The molecule has 28 heavy (non-hydrogen) atoms. The fraction of sp³-hybridized carbons (Fsp3) is 0.652. The molecule has 0 fully saturated rings. The van der Waals surface area contributed by atoms with Crippen LogP contribution in [0.5, 0.6) is 11.5 Å². The SMILES string of the molecule is CCCNCCc1ccc(OC(=O)C(CC)CC)c(OC(=O)C(CC)CC)c1. The number of benzene rings is 1. The van der Waals surface area contributed by atoms with E-state index in [4.69, 9.17) is 9.47 Å². The van der Waals surface area contributed by atoms with Gasteiger partial charge in [0, 0.05) is 0 Å². The molecule has 0 heterocycles. The number of nitrogens with one attached hydrogen (secondary N) is 1. The Bertz CT molecular complexity index is 607. The van der Waals surface area contributed by atoms with E-state index in [-0.39, 0.29) is 23.8 Å². The van der Waals surface area contributed by atoms with Crippen LogP contribution < -0.4 is 14.8 Å². The quantitative estimate of drug-likeness (QED) is 0.294. The van der Waals surface area contributed by atoms with Crippen LogP contribution >= 0.6 is 0 Å². The lowest BCUT2D eigenvalue weighted by Crippen LogP contribution is -2.22. The summed E-state index contributed by atoms with van der Waals surface area (Å²) in [4.78, 5) is 24.9. The normalized spacial score (nSPS) is 11.1. The number of esters is 2. The third-order valence-electron chi connectivity index (χ3n) is 5.08. The van der Waals surface area contributed by atoms with Gasteiger partial charge in [-0.3, -0.25) is 9.59 Å². The molecule has 158 valence electrons. The Morgan fingerprint density at radius 3 is 1.86 bits per heavy atom. The monoisotopic (exact) mass is 391 g/mol. The highest BCUT2D eigenvalue weighted by molar-refractivity contribution is 5.78. The van der Waals surface area contributed by atoms with Crippen LogP contribution in [-0.2, 0) is 16.0 Å². The van der Waals surface area contributed by atoms with Crippen molar-refractivity contribution in [3.63, 3.8) is 0 Å². The summed E-state index contributed by atoms with van der Waals surface area (Å²) in [5.74, 6) is -0.197. The average Bonchev–Trinajstić information content (AvgIpc) is 2.69. The molecule has 0 radical (unpaired) electrons. The van der Waals surface area contributed by atoms with Crippen molar-refractivity contribution < 1.29 is 19.1 Å². The summed E-state index contributed by atoms with van der Waals surface area (Å²) in [5.41, 5.74) is 1.04. The molecular weight excluding hydrogens is 354 g/mol. The lowest BCUT2D eigenvalue weighted by Gasteiger charge is -2.17. The summed E-state index contributed by atoms with van der Waals surface area (Å²) in [6.07, 6.45) is 4.79. The van der Waals surface area contributed by atoms with Crippen molar-refractivity contribution in [2.45, 2.75) is 73.1 Å². The molecule has 0 bridgehead atoms. The Hall–Kier alpha value is -1.88. The maximum atomic E-state index is 12.5. The Balaban J connectivity index is 3.01. The van der Waals surface area contributed by atoms with Crippen molar-refractivity contribution in [3.05, 3.63) is 23.8 Å². The second-order valence-corrected chi connectivity index (χ2v) is 7.15. The summed E-state index contributed by atoms with van der Waals surface area (Å²) in [7, 11) is 0. The molecule has 0 aromatic heterocycles. The highest BCUT2D eigenvalue weighted by Crippen LogP contribution is 2.31. The highest BCUT2D eigenvalue weighted by Gasteiger charge is 2.22. The molecule has 1 N–H and O–H groups in total. The van der Waals surface area contributed by atoms with Gasteiger partial charge in [-0.15, -0.1) is 0 Å². The molecule has 1 rings (SSSR count). The molecular formula is C23H37NO4. The van der Waals surface area contributed by atoms with E-state index in [9.17, 15) is 9.59 Å². The molecule has 0 aliphatic heterocycles. The standard InChI is InChI=1S/C23H37NO4/c1-6-14-24-15-13-17-11-12-20(27-22(25)18(7-2)8-3)21(16-17)28-23(26)19(9-4)10-5/h11-12,16,18-19,24H,6-10,13-15H2,1-5H3. The van der Waals surface area contributed by atoms with Gasteiger partial charge in [-0.25, -0.2) is 0 Å². The van der Waals surface area contributed by atoms with Crippen molar-refractivity contribution in [3.8, 4) is 11.5 Å². The van der Waals surface area contributed by atoms with E-state index >= 15 is 0 Å². The van der Waals surface area contributed by atoms with Crippen LogP contribution in [-0.4, -0.2) is 25.0 Å². The number of carbonyl (C=O) groups is 2. The van der Waals surface area contributed by atoms with Gasteiger partial charge in [0.1, 0.15) is 0 Å². The number of carbonyl (C=O) groups excluding carboxylic acids is 2. The second-order valence-electron chi connectivity index (χ2n) is 7.15. The van der Waals surface area contributed by atoms with E-state index in [1.54, 1.807) is 6.07 Å². The van der Waals surface area contributed by atoms with E-state index < -0.39 is 0 Å². The molecule has 0 unspecified atom stereocenters. The van der Waals surface area contributed by atoms with Crippen LogP contribution in [0.4, 0.5) is 0 Å². The Kier molecular flexibility index (Phi) is 11.5. The third-order valence-corrected chi connectivity index (χ3v) is 5.08. The van der Waals surface area contributed by atoms with Gasteiger partial charge in [-0.05, 0) is 69.3 Å². The second kappa shape index (κ2) is 13.3. The Morgan fingerprint density at radius 2 is 1.36 bits per heavy atom. The van der Waals surface area contributed by atoms with Crippen LogP contribution in [0.3, 0.4) is 0 Å². The largest absolute Gasteiger partial charge is 0.422 e. The van der Waals surface area contributed by atoms with Gasteiger partial charge in [-0.1, -0.05) is 40.7 Å². The van der Waals surface area contributed by atoms with Gasteiger partial charge in [0.05, 0.1) is 11.8 Å². The molecule has 0 saturated heterocycles. The van der Waals surface area contributed by atoms with Crippen LogP contribution in [0.25, 0.3) is 0 Å². The molecule has 0 amide bonds. The van der Waals surface area contributed by atoms with Crippen LogP contribution in [0.15, 0.2) is 18.2 Å². The fourth-order valence-electron chi connectivity index (χ4n) is 3.03. The molecule has 0 atom stereocenters. The zero-order valence-corrected chi connectivity index (χ0v) is 18.2. The maximum Gasteiger partial charge on any atom is 0.314 e. The first-order valence-corrected chi connectivity index (χ1v) is 10.8. The van der Waals surface area contributed by atoms with Crippen molar-refractivity contribution in [1.29, 1.82) is 0 Å². The predicted octanol–water partition coefficient (Wildman–Crippen LogP) is 4.91. The molecule has 0 saturated carbocycles. The van der Waals surface area contributed by atoms with Crippen molar-refractivity contribution in [1.82, 2.24) is 5.32 Å². The summed E-state index contributed by atoms with van der Waals surface area (Å²) < 4.78 is 11.3. The predicted molar refractivity (Wildman–Crippen MR) is 113 cm³/mol. The minimum Gasteiger partial charge on any atom is -0.422 e. The zero-order valence-electron chi connectivity index (χ0n) is 18.2. The number of hydrogen-bond donors (Lipinski definition) is 1. The van der Waals surface area contributed by atoms with Crippen molar-refractivity contribution >= 4 is 11.9 Å². The minimum absolute atomic E-state index is 0.152. The van der Waals surface area contributed by atoms with E-state index in [1.165, 1.54) is 0 Å². The molecule has 0 aliphatic carbocycles. The van der Waals surface area contributed by atoms with Gasteiger partial charge in [0.15, 0.2) is 11.5 Å². The van der Waals surface area contributed by atoms with E-state index in [1.807, 2.05) is 39.8 Å². The molecule has 1 aromatic carbocycles. The summed E-state index contributed by atoms with van der Waals surface area (Å²) in [6.45, 7) is 11.8. The van der Waals surface area contributed by atoms with Gasteiger partial charge in [0.2, 0.25) is 0 Å². The van der Waals surface area contributed by atoms with Crippen LogP contribution in [0.1, 0.15) is 72.3 Å². The summed E-state index contributed by atoms with van der Waals surface area (Å²) in [5, 5.41) is 3.36. The Morgan fingerprint density at radius 1 is 0.821 bits per heavy atom. The number of hydrogen-bond acceptors (Lipinski definition) is 5. The van der Waals surface area contributed by atoms with Gasteiger partial charge in [-0.2, -0.15) is 0 Å². The maximum absolute atomic E-state index is 12.5. The number of ether oxygens (including phenoxy) is 2. The molecule has 0 spiro atoms. The topological polar surface area (TPSA) is 64.6 Å². The molecule has 5 nitrogen and oxygen atoms in total. The van der Waals surface area contributed by atoms with Crippen LogP contribution in [0, 0.1) is 11.8 Å². The third kappa shape index (κ3) is 7.63. The molecule has 1 aromatic rings. The first kappa shape index (κ1) is 24.2. The lowest BCUT2D eigenvalue weighted by molar-refractivity contribution is -0.142. The van der Waals surface area contributed by atoms with Gasteiger partial charge in [0.25, 0.3) is 0 Å². The van der Waals surface area contributed by atoms with Gasteiger partial charge < -0.3 is 14.8 Å². The van der Waals surface area contributed by atoms with Crippen molar-refractivity contribution in [2.24, 2.45) is 11.8 Å². The summed E-state index contributed by atoms with van der Waals surface area (Å²) >= 11 is 0. The fourth-order valence-corrected chi connectivity index (χ4v) is 3.03. The lowest BCUT2D eigenvalue weighted by atomic mass is 10.0. The molecule has 0 aliphatic rings. The number of rotatable bonds is 13. The molecule has 5 heteroatoms. The first-order chi connectivity index (χ1) is 13.5. The summed E-state index contributed by atoms with van der Waals surface area (Å²) in [6, 6.07) is 5.49. The first-order valence-electron chi connectivity index (χ1n) is 10.8. The average molecular weight is 392 g/mol. The van der Waals surface area contributed by atoms with Gasteiger partial charge >= 0.3 is 11.9 Å². The van der Waals surface area contributed by atoms with E-state index in [0.29, 0.717) is 11.5 Å². The zero-order chi connectivity index (χ0) is 20.9. The highest BCUT2D eigenvalue weighted by atomic mass is 16.6. The van der Waals surface area contributed by atoms with Crippen LogP contribution in [0.2, 0.25) is 0 Å². The van der Waals surface area contributed by atoms with Crippen molar-refractivity contribution in [2.75, 3.05) is 13.1 Å². The Labute approximate surface area is 170 Å². The van der Waals surface area contributed by atoms with E-state index in [2.05, 4.69) is 12.2 Å². The minimum atomic E-state index is -0.276.